The Morgan fingerprint density at radius 3 is 2.71 bits per heavy atom. The van der Waals surface area contributed by atoms with Crippen LogP contribution in [-0.4, -0.2) is 48.1 Å². The molecule has 1 unspecified atom stereocenters. The maximum absolute atomic E-state index is 12.1. The molecule has 1 amide bonds. The summed E-state index contributed by atoms with van der Waals surface area (Å²) in [5, 5.41) is 11.4. The number of carbonyl (C=O) groups is 2. The third-order valence-corrected chi connectivity index (χ3v) is 3.72. The van der Waals surface area contributed by atoms with Crippen molar-refractivity contribution in [1.29, 1.82) is 0 Å². The van der Waals surface area contributed by atoms with Crippen molar-refractivity contribution in [2.75, 3.05) is 25.0 Å². The van der Waals surface area contributed by atoms with Gasteiger partial charge in [0.15, 0.2) is 0 Å². The van der Waals surface area contributed by atoms with Crippen LogP contribution in [0.15, 0.2) is 18.2 Å². The highest BCUT2D eigenvalue weighted by atomic mass is 35.5. The van der Waals surface area contributed by atoms with Crippen LogP contribution in [0.2, 0.25) is 5.02 Å². The second kappa shape index (κ2) is 9.00. The zero-order chi connectivity index (χ0) is 17.0. The Morgan fingerprint density at radius 2 is 2.17 bits per heavy atom. The number of alkyl halides is 2. The molecule has 1 heterocycles. The molecular weight excluding hydrogens is 369 g/mol. The Kier molecular flexibility index (Phi) is 7.65. The summed E-state index contributed by atoms with van der Waals surface area (Å²) in [5.41, 5.74) is 0.343. The predicted molar refractivity (Wildman–Crippen MR) is 86.1 cm³/mol. The largest absolute Gasteiger partial charge is 0.481 e. The van der Waals surface area contributed by atoms with E-state index in [1.165, 1.54) is 18.2 Å². The summed E-state index contributed by atoms with van der Waals surface area (Å²) >= 11 is 5.80. The Bertz CT molecular complexity index is 604. The highest BCUT2D eigenvalue weighted by Gasteiger charge is 2.28. The Hall–Kier alpha value is -1.64. The van der Waals surface area contributed by atoms with E-state index in [1.54, 1.807) is 4.90 Å². The summed E-state index contributed by atoms with van der Waals surface area (Å²) in [5.74, 6) is -1.84. The van der Waals surface area contributed by atoms with Crippen molar-refractivity contribution in [2.45, 2.75) is 13.0 Å². The number of hydrogen-bond donors (Lipinski definition) is 2. The van der Waals surface area contributed by atoms with Crippen LogP contribution in [0.25, 0.3) is 0 Å². The number of ether oxygens (including phenoxy) is 1. The zero-order valence-corrected chi connectivity index (χ0v) is 13.9. The van der Waals surface area contributed by atoms with E-state index < -0.39 is 18.5 Å². The topological polar surface area (TPSA) is 78.9 Å². The van der Waals surface area contributed by atoms with Crippen LogP contribution in [0.4, 0.5) is 14.5 Å². The fourth-order valence-corrected chi connectivity index (χ4v) is 2.58. The highest BCUT2D eigenvalue weighted by molar-refractivity contribution is 6.32. The molecule has 2 N–H and O–H groups in total. The first-order valence-electron chi connectivity index (χ1n) is 6.84. The lowest BCUT2D eigenvalue weighted by Crippen LogP contribution is -2.32. The summed E-state index contributed by atoms with van der Waals surface area (Å²) in [6.07, 6.45) is 0.508. The normalized spacial score (nSPS) is 17.4. The summed E-state index contributed by atoms with van der Waals surface area (Å²) in [4.78, 5) is 24.5. The van der Waals surface area contributed by atoms with E-state index in [0.29, 0.717) is 25.2 Å². The number of aliphatic carboxylic acids is 1. The molecule has 2 rings (SSSR count). The molecule has 0 aromatic heterocycles. The van der Waals surface area contributed by atoms with Gasteiger partial charge < -0.3 is 15.2 Å². The van der Waals surface area contributed by atoms with Crippen LogP contribution < -0.4 is 10.1 Å². The molecule has 1 atom stereocenters. The van der Waals surface area contributed by atoms with E-state index in [0.717, 1.165) is 0 Å². The van der Waals surface area contributed by atoms with Crippen molar-refractivity contribution in [3.63, 3.8) is 0 Å². The van der Waals surface area contributed by atoms with E-state index >= 15 is 0 Å². The molecule has 10 heteroatoms. The number of carboxylic acids is 1. The van der Waals surface area contributed by atoms with Gasteiger partial charge in [0.05, 0.1) is 17.5 Å². The number of hydrogen-bond acceptors (Lipinski definition) is 4. The van der Waals surface area contributed by atoms with Crippen molar-refractivity contribution in [3.05, 3.63) is 23.2 Å². The lowest BCUT2D eigenvalue weighted by molar-refractivity contribution is -0.141. The fourth-order valence-electron chi connectivity index (χ4n) is 2.35. The maximum Gasteiger partial charge on any atom is 0.387 e. The number of benzene rings is 1. The van der Waals surface area contributed by atoms with Crippen LogP contribution in [0, 0.1) is 5.92 Å². The quantitative estimate of drug-likeness (QED) is 0.788. The van der Waals surface area contributed by atoms with Crippen molar-refractivity contribution in [1.82, 2.24) is 4.90 Å². The molecule has 0 radical (unpaired) electrons. The van der Waals surface area contributed by atoms with Gasteiger partial charge in [-0.05, 0) is 31.2 Å². The SMILES string of the molecule is Cl.O=C(CN1CCC(C(=O)O)C1)Nc1ccc(OC(F)F)c(Cl)c1. The van der Waals surface area contributed by atoms with Crippen LogP contribution in [0.3, 0.4) is 0 Å². The Labute approximate surface area is 148 Å². The molecule has 134 valence electrons. The molecule has 6 nitrogen and oxygen atoms in total. The molecule has 0 aliphatic carbocycles. The second-order valence-corrected chi connectivity index (χ2v) is 5.54. The first kappa shape index (κ1) is 20.4. The lowest BCUT2D eigenvalue weighted by Gasteiger charge is -2.15. The second-order valence-electron chi connectivity index (χ2n) is 5.13. The van der Waals surface area contributed by atoms with Gasteiger partial charge in [-0.15, -0.1) is 12.4 Å². The van der Waals surface area contributed by atoms with Crippen molar-refractivity contribution >= 4 is 41.6 Å². The monoisotopic (exact) mass is 384 g/mol. The number of carbonyl (C=O) groups excluding carboxylic acids is 1. The number of carboxylic acid groups (broad SMARTS) is 1. The fraction of sp³-hybridized carbons (Fsp3) is 0.429. The first-order chi connectivity index (χ1) is 10.8. The van der Waals surface area contributed by atoms with Gasteiger partial charge in [0.25, 0.3) is 0 Å². The number of rotatable bonds is 6. The van der Waals surface area contributed by atoms with Gasteiger partial charge in [-0.3, -0.25) is 14.5 Å². The molecule has 0 spiro atoms. The van der Waals surface area contributed by atoms with Gasteiger partial charge in [0, 0.05) is 12.2 Å². The van der Waals surface area contributed by atoms with E-state index in [2.05, 4.69) is 10.1 Å². The number of amides is 1. The third kappa shape index (κ3) is 5.77. The first-order valence-corrected chi connectivity index (χ1v) is 7.22. The molecule has 0 saturated carbocycles. The molecule has 1 aliphatic rings. The van der Waals surface area contributed by atoms with Gasteiger partial charge in [0.2, 0.25) is 5.91 Å². The number of halogens is 4. The smallest absolute Gasteiger partial charge is 0.387 e. The molecular formula is C14H16Cl2F2N2O4. The molecule has 1 fully saturated rings. The van der Waals surface area contributed by atoms with Crippen LogP contribution >= 0.6 is 24.0 Å². The predicted octanol–water partition coefficient (Wildman–Crippen LogP) is 2.71. The van der Waals surface area contributed by atoms with Crippen LogP contribution in [0.5, 0.6) is 5.75 Å². The maximum atomic E-state index is 12.1. The van der Waals surface area contributed by atoms with Gasteiger partial charge in [-0.25, -0.2) is 0 Å². The summed E-state index contributed by atoms with van der Waals surface area (Å²) in [7, 11) is 0. The average molecular weight is 385 g/mol. The molecule has 1 aliphatic heterocycles. The lowest BCUT2D eigenvalue weighted by atomic mass is 10.1. The standard InChI is InChI=1S/C14H15ClF2N2O4.ClH/c15-10-5-9(1-2-11(10)23-14(16)17)18-12(20)7-19-4-3-8(6-19)13(21)22;/h1-2,5,8,14H,3-4,6-7H2,(H,18,20)(H,21,22);1H. The van der Waals surface area contributed by atoms with Crippen LogP contribution in [-0.2, 0) is 9.59 Å². The zero-order valence-electron chi connectivity index (χ0n) is 12.4. The number of anilines is 1. The summed E-state index contributed by atoms with van der Waals surface area (Å²) < 4.78 is 28.5. The molecule has 1 aromatic carbocycles. The highest BCUT2D eigenvalue weighted by Crippen LogP contribution is 2.29. The Morgan fingerprint density at radius 1 is 1.46 bits per heavy atom. The molecule has 24 heavy (non-hydrogen) atoms. The van der Waals surface area contributed by atoms with Gasteiger partial charge >= 0.3 is 12.6 Å². The van der Waals surface area contributed by atoms with Crippen molar-refractivity contribution in [2.24, 2.45) is 5.92 Å². The van der Waals surface area contributed by atoms with Gasteiger partial charge in [-0.1, -0.05) is 11.6 Å². The average Bonchev–Trinajstić information content (AvgIpc) is 2.90. The molecule has 0 bridgehead atoms. The number of nitrogens with zero attached hydrogens (tertiary/aromatic N) is 1. The minimum Gasteiger partial charge on any atom is -0.481 e. The van der Waals surface area contributed by atoms with E-state index in [1.807, 2.05) is 0 Å². The van der Waals surface area contributed by atoms with E-state index in [-0.39, 0.29) is 35.6 Å². The van der Waals surface area contributed by atoms with Crippen molar-refractivity contribution in [3.8, 4) is 5.75 Å². The Balaban J connectivity index is 0.00000288. The molecule has 1 aromatic rings. The minimum atomic E-state index is -2.98. The van der Waals surface area contributed by atoms with E-state index in [9.17, 15) is 18.4 Å². The van der Waals surface area contributed by atoms with E-state index in [4.69, 9.17) is 16.7 Å². The number of likely N-dealkylation sites (tertiary alicyclic amines) is 1. The van der Waals surface area contributed by atoms with Crippen molar-refractivity contribution < 1.29 is 28.2 Å². The van der Waals surface area contributed by atoms with Crippen LogP contribution in [0.1, 0.15) is 6.42 Å². The number of nitrogens with one attached hydrogen (secondary N) is 1. The van der Waals surface area contributed by atoms with Gasteiger partial charge in [0.1, 0.15) is 5.75 Å². The van der Waals surface area contributed by atoms with Gasteiger partial charge in [-0.2, -0.15) is 8.78 Å². The summed E-state index contributed by atoms with van der Waals surface area (Å²) in [6, 6.07) is 3.94. The third-order valence-electron chi connectivity index (χ3n) is 3.42. The molecule has 1 saturated heterocycles. The summed E-state index contributed by atoms with van der Waals surface area (Å²) in [6.45, 7) is -2.07. The minimum absolute atomic E-state index is 0.